The Morgan fingerprint density at radius 3 is 2.46 bits per heavy atom. The third-order valence-electron chi connectivity index (χ3n) is 3.72. The largest absolute Gasteiger partial charge is 0.360 e. The summed E-state index contributed by atoms with van der Waals surface area (Å²) in [6.07, 6.45) is 1.71. The van der Waals surface area contributed by atoms with E-state index in [9.17, 15) is 4.79 Å². The number of nitrogens with zero attached hydrogens (tertiary/aromatic N) is 2. The fourth-order valence-electron chi connectivity index (χ4n) is 2.39. The van der Waals surface area contributed by atoms with Crippen LogP contribution in [0.3, 0.4) is 0 Å². The van der Waals surface area contributed by atoms with Crippen LogP contribution < -0.4 is 5.32 Å². The van der Waals surface area contributed by atoms with Gasteiger partial charge in [-0.15, -0.1) is 0 Å². The minimum absolute atomic E-state index is 0.180. The number of aromatic nitrogens is 2. The number of benzene rings is 1. The van der Waals surface area contributed by atoms with Gasteiger partial charge in [0.15, 0.2) is 5.69 Å². The van der Waals surface area contributed by atoms with E-state index in [0.29, 0.717) is 5.76 Å². The van der Waals surface area contributed by atoms with E-state index >= 15 is 0 Å². The first-order valence-corrected chi connectivity index (χ1v) is 7.88. The zero-order chi connectivity index (χ0) is 16.9. The molecule has 0 unspecified atom stereocenters. The lowest BCUT2D eigenvalue weighted by atomic mass is 10.0. The van der Waals surface area contributed by atoms with Gasteiger partial charge in [0.05, 0.1) is 11.7 Å². The predicted molar refractivity (Wildman–Crippen MR) is 90.6 cm³/mol. The molecule has 0 aliphatic rings. The molecule has 1 N–H and O–H groups in total. The number of pyridine rings is 1. The first-order valence-electron chi connectivity index (χ1n) is 7.88. The van der Waals surface area contributed by atoms with Crippen LogP contribution in [0, 0.1) is 0 Å². The molecule has 3 aromatic rings. The molecule has 0 saturated heterocycles. The van der Waals surface area contributed by atoms with Crippen LogP contribution in [0.15, 0.2) is 65.3 Å². The van der Waals surface area contributed by atoms with Gasteiger partial charge in [-0.05, 0) is 17.7 Å². The molecule has 0 spiro atoms. The zero-order valence-corrected chi connectivity index (χ0v) is 13.6. The number of rotatable bonds is 5. The van der Waals surface area contributed by atoms with Gasteiger partial charge in [-0.1, -0.05) is 55.4 Å². The SMILES string of the molecule is CC(C)c1cc(C(=O)N[C@H](c2ccccc2)c2ccccn2)no1. The Balaban J connectivity index is 1.88. The lowest BCUT2D eigenvalue weighted by Gasteiger charge is -2.18. The average molecular weight is 321 g/mol. The van der Waals surface area contributed by atoms with Crippen molar-refractivity contribution < 1.29 is 9.32 Å². The highest BCUT2D eigenvalue weighted by molar-refractivity contribution is 5.92. The molecule has 0 saturated carbocycles. The van der Waals surface area contributed by atoms with Gasteiger partial charge in [-0.2, -0.15) is 0 Å². The molecule has 5 nitrogen and oxygen atoms in total. The van der Waals surface area contributed by atoms with Crippen LogP contribution >= 0.6 is 0 Å². The predicted octanol–water partition coefficient (Wildman–Crippen LogP) is 3.71. The number of amides is 1. The lowest BCUT2D eigenvalue weighted by molar-refractivity contribution is 0.0933. The van der Waals surface area contributed by atoms with E-state index in [2.05, 4.69) is 15.5 Å². The quantitative estimate of drug-likeness (QED) is 0.778. The molecule has 0 bridgehead atoms. The third kappa shape index (κ3) is 3.51. The molecule has 2 aromatic heterocycles. The second-order valence-corrected chi connectivity index (χ2v) is 5.84. The van der Waals surface area contributed by atoms with Crippen molar-refractivity contribution in [2.45, 2.75) is 25.8 Å². The van der Waals surface area contributed by atoms with Gasteiger partial charge in [-0.25, -0.2) is 0 Å². The molecule has 5 heteroatoms. The normalized spacial score (nSPS) is 12.1. The van der Waals surface area contributed by atoms with Crippen LogP contribution in [0.5, 0.6) is 0 Å². The zero-order valence-electron chi connectivity index (χ0n) is 13.6. The summed E-state index contributed by atoms with van der Waals surface area (Å²) < 4.78 is 5.21. The maximum absolute atomic E-state index is 12.6. The number of hydrogen-bond acceptors (Lipinski definition) is 4. The van der Waals surface area contributed by atoms with Crippen molar-refractivity contribution in [1.29, 1.82) is 0 Å². The van der Waals surface area contributed by atoms with Gasteiger partial charge in [0.1, 0.15) is 5.76 Å². The summed E-state index contributed by atoms with van der Waals surface area (Å²) in [4.78, 5) is 17.0. The smallest absolute Gasteiger partial charge is 0.274 e. The molecule has 0 fully saturated rings. The number of carbonyl (C=O) groups excluding carboxylic acids is 1. The summed E-state index contributed by atoms with van der Waals surface area (Å²) in [7, 11) is 0. The first kappa shape index (κ1) is 15.9. The van der Waals surface area contributed by atoms with Crippen molar-refractivity contribution in [3.05, 3.63) is 83.5 Å². The summed E-state index contributed by atoms with van der Waals surface area (Å²) >= 11 is 0. The number of hydrogen-bond donors (Lipinski definition) is 1. The highest BCUT2D eigenvalue weighted by Gasteiger charge is 2.21. The molecule has 0 aliphatic carbocycles. The van der Waals surface area contributed by atoms with Crippen molar-refractivity contribution in [2.75, 3.05) is 0 Å². The van der Waals surface area contributed by atoms with E-state index in [0.717, 1.165) is 11.3 Å². The van der Waals surface area contributed by atoms with Crippen LogP contribution in [0.2, 0.25) is 0 Å². The van der Waals surface area contributed by atoms with Gasteiger partial charge in [0.25, 0.3) is 5.91 Å². The van der Waals surface area contributed by atoms with Crippen molar-refractivity contribution >= 4 is 5.91 Å². The third-order valence-corrected chi connectivity index (χ3v) is 3.72. The molecule has 0 aliphatic heterocycles. The maximum Gasteiger partial charge on any atom is 0.274 e. The second-order valence-electron chi connectivity index (χ2n) is 5.84. The van der Waals surface area contributed by atoms with Crippen molar-refractivity contribution in [3.8, 4) is 0 Å². The highest BCUT2D eigenvalue weighted by Crippen LogP contribution is 2.21. The standard InChI is InChI=1S/C19H19N3O2/c1-13(2)17-12-16(22-24-17)19(23)21-18(14-8-4-3-5-9-14)15-10-6-7-11-20-15/h3-13,18H,1-2H3,(H,21,23)/t18-/m1/s1. The molecule has 0 radical (unpaired) electrons. The molecule has 1 aromatic carbocycles. The van der Waals surface area contributed by atoms with Crippen LogP contribution in [0.4, 0.5) is 0 Å². The first-order chi connectivity index (χ1) is 11.6. The van der Waals surface area contributed by atoms with Crippen molar-refractivity contribution in [1.82, 2.24) is 15.5 Å². The van der Waals surface area contributed by atoms with Gasteiger partial charge in [0, 0.05) is 18.2 Å². The molecule has 24 heavy (non-hydrogen) atoms. The Hall–Kier alpha value is -2.95. The Bertz CT molecular complexity index is 758. The summed E-state index contributed by atoms with van der Waals surface area (Å²) in [5.74, 6) is 0.583. The molecule has 122 valence electrons. The Labute approximate surface area is 140 Å². The Morgan fingerprint density at radius 1 is 1.08 bits per heavy atom. The molecule has 1 amide bonds. The summed E-state index contributed by atoms with van der Waals surface area (Å²) in [5, 5.41) is 6.86. The fourth-order valence-corrected chi connectivity index (χ4v) is 2.39. The number of carbonyl (C=O) groups is 1. The van der Waals surface area contributed by atoms with E-state index < -0.39 is 0 Å². The molecular weight excluding hydrogens is 302 g/mol. The van der Waals surface area contributed by atoms with Gasteiger partial charge < -0.3 is 9.84 Å². The van der Waals surface area contributed by atoms with E-state index in [-0.39, 0.29) is 23.6 Å². The summed E-state index contributed by atoms with van der Waals surface area (Å²) in [6, 6.07) is 16.7. The topological polar surface area (TPSA) is 68.0 Å². The van der Waals surface area contributed by atoms with E-state index in [4.69, 9.17) is 4.52 Å². The molecular formula is C19H19N3O2. The van der Waals surface area contributed by atoms with Crippen LogP contribution in [0.1, 0.15) is 53.3 Å². The Morgan fingerprint density at radius 2 is 1.83 bits per heavy atom. The van der Waals surface area contributed by atoms with Crippen LogP contribution in [-0.2, 0) is 0 Å². The second kappa shape index (κ2) is 7.08. The number of nitrogens with one attached hydrogen (secondary N) is 1. The van der Waals surface area contributed by atoms with Crippen LogP contribution in [-0.4, -0.2) is 16.0 Å². The average Bonchev–Trinajstić information content (AvgIpc) is 3.11. The Kier molecular flexibility index (Phi) is 4.70. The molecule has 2 heterocycles. The van der Waals surface area contributed by atoms with E-state index in [1.165, 1.54) is 0 Å². The van der Waals surface area contributed by atoms with E-state index in [1.54, 1.807) is 12.3 Å². The summed E-state index contributed by atoms with van der Waals surface area (Å²) in [6.45, 7) is 3.98. The molecule has 3 rings (SSSR count). The minimum atomic E-state index is -0.348. The van der Waals surface area contributed by atoms with Gasteiger partial charge in [-0.3, -0.25) is 9.78 Å². The minimum Gasteiger partial charge on any atom is -0.360 e. The maximum atomic E-state index is 12.6. The van der Waals surface area contributed by atoms with Crippen molar-refractivity contribution in [2.24, 2.45) is 0 Å². The van der Waals surface area contributed by atoms with Crippen LogP contribution in [0.25, 0.3) is 0 Å². The van der Waals surface area contributed by atoms with Gasteiger partial charge >= 0.3 is 0 Å². The van der Waals surface area contributed by atoms with E-state index in [1.807, 2.05) is 62.4 Å². The fraction of sp³-hybridized carbons (Fsp3) is 0.211. The lowest BCUT2D eigenvalue weighted by Crippen LogP contribution is -2.30. The summed E-state index contributed by atoms with van der Waals surface area (Å²) in [5.41, 5.74) is 2.00. The monoisotopic (exact) mass is 321 g/mol. The van der Waals surface area contributed by atoms with Gasteiger partial charge in [0.2, 0.25) is 0 Å². The van der Waals surface area contributed by atoms with Crippen molar-refractivity contribution in [3.63, 3.8) is 0 Å². The molecule has 1 atom stereocenters. The highest BCUT2D eigenvalue weighted by atomic mass is 16.5.